The third-order valence-electron chi connectivity index (χ3n) is 3.91. The molecular formula is C16H15F3N4O3. The molecule has 0 spiro atoms. The molecule has 26 heavy (non-hydrogen) atoms. The monoisotopic (exact) mass is 368 g/mol. The number of hydrogen-bond donors (Lipinski definition) is 1. The highest BCUT2D eigenvalue weighted by Gasteiger charge is 2.36. The number of anilines is 1. The van der Waals surface area contributed by atoms with Crippen molar-refractivity contribution in [2.75, 3.05) is 18.0 Å². The molecule has 3 rings (SSSR count). The maximum absolute atomic E-state index is 13.0. The zero-order valence-corrected chi connectivity index (χ0v) is 13.7. The van der Waals surface area contributed by atoms with Gasteiger partial charge in [-0.1, -0.05) is 12.1 Å². The molecule has 0 saturated carbocycles. The molecule has 2 amide bonds. The SMILES string of the molecule is Cn1nccc1N1CC(CNC(=O)c2ccccc2C(F)(F)F)OC1=O. The van der Waals surface area contributed by atoms with Gasteiger partial charge in [0.05, 0.1) is 30.4 Å². The fourth-order valence-corrected chi connectivity index (χ4v) is 2.68. The van der Waals surface area contributed by atoms with Crippen molar-refractivity contribution in [2.24, 2.45) is 7.05 Å². The molecular weight excluding hydrogens is 353 g/mol. The van der Waals surface area contributed by atoms with Gasteiger partial charge < -0.3 is 10.1 Å². The van der Waals surface area contributed by atoms with Crippen LogP contribution >= 0.6 is 0 Å². The Balaban J connectivity index is 1.65. The third-order valence-corrected chi connectivity index (χ3v) is 3.91. The highest BCUT2D eigenvalue weighted by atomic mass is 19.4. The van der Waals surface area contributed by atoms with Crippen molar-refractivity contribution in [3.8, 4) is 0 Å². The number of aromatic nitrogens is 2. The van der Waals surface area contributed by atoms with E-state index in [2.05, 4.69) is 10.4 Å². The highest BCUT2D eigenvalue weighted by molar-refractivity contribution is 5.96. The Morgan fingerprint density at radius 2 is 2.08 bits per heavy atom. The van der Waals surface area contributed by atoms with E-state index in [4.69, 9.17) is 4.74 Å². The van der Waals surface area contributed by atoms with Crippen LogP contribution in [0.2, 0.25) is 0 Å². The Hall–Kier alpha value is -3.04. The highest BCUT2D eigenvalue weighted by Crippen LogP contribution is 2.31. The lowest BCUT2D eigenvalue weighted by Gasteiger charge is -2.14. The first-order valence-electron chi connectivity index (χ1n) is 7.68. The molecule has 1 aromatic heterocycles. The number of hydrogen-bond acceptors (Lipinski definition) is 4. The van der Waals surface area contributed by atoms with E-state index in [1.54, 1.807) is 13.1 Å². The van der Waals surface area contributed by atoms with Crippen molar-refractivity contribution in [3.05, 3.63) is 47.7 Å². The van der Waals surface area contributed by atoms with Crippen molar-refractivity contribution in [1.29, 1.82) is 0 Å². The average molecular weight is 368 g/mol. The second-order valence-electron chi connectivity index (χ2n) is 5.68. The summed E-state index contributed by atoms with van der Waals surface area (Å²) < 4.78 is 45.6. The van der Waals surface area contributed by atoms with Crippen LogP contribution in [0.15, 0.2) is 36.5 Å². The van der Waals surface area contributed by atoms with Gasteiger partial charge in [0.1, 0.15) is 11.9 Å². The number of nitrogens with zero attached hydrogens (tertiary/aromatic N) is 3. The summed E-state index contributed by atoms with van der Waals surface area (Å²) >= 11 is 0. The molecule has 1 aliphatic rings. The van der Waals surface area contributed by atoms with Crippen molar-refractivity contribution in [3.63, 3.8) is 0 Å². The van der Waals surface area contributed by atoms with Crippen LogP contribution in [-0.4, -0.2) is 41.0 Å². The largest absolute Gasteiger partial charge is 0.442 e. The molecule has 1 fully saturated rings. The summed E-state index contributed by atoms with van der Waals surface area (Å²) in [7, 11) is 1.66. The summed E-state index contributed by atoms with van der Waals surface area (Å²) in [4.78, 5) is 25.4. The van der Waals surface area contributed by atoms with Crippen LogP contribution in [-0.2, 0) is 18.0 Å². The molecule has 1 saturated heterocycles. The second-order valence-corrected chi connectivity index (χ2v) is 5.68. The Morgan fingerprint density at radius 3 is 2.73 bits per heavy atom. The molecule has 1 unspecified atom stereocenters. The van der Waals surface area contributed by atoms with Crippen LogP contribution in [0.1, 0.15) is 15.9 Å². The van der Waals surface area contributed by atoms with Crippen LogP contribution in [0.3, 0.4) is 0 Å². The van der Waals surface area contributed by atoms with E-state index in [-0.39, 0.29) is 13.1 Å². The summed E-state index contributed by atoms with van der Waals surface area (Å²) in [5.74, 6) is -0.362. The lowest BCUT2D eigenvalue weighted by molar-refractivity contribution is -0.137. The maximum Gasteiger partial charge on any atom is 0.417 e. The van der Waals surface area contributed by atoms with Crippen LogP contribution in [0.4, 0.5) is 23.8 Å². The Bertz CT molecular complexity index is 834. The summed E-state index contributed by atoms with van der Waals surface area (Å²) in [5, 5.41) is 6.35. The van der Waals surface area contributed by atoms with Gasteiger partial charge in [-0.3, -0.25) is 14.4 Å². The number of ether oxygens (including phenoxy) is 1. The second kappa shape index (κ2) is 6.70. The van der Waals surface area contributed by atoms with E-state index in [0.29, 0.717) is 5.82 Å². The average Bonchev–Trinajstić information content (AvgIpc) is 3.17. The minimum absolute atomic E-state index is 0.106. The number of aryl methyl sites for hydroxylation is 1. The fraction of sp³-hybridized carbons (Fsp3) is 0.312. The van der Waals surface area contributed by atoms with Crippen LogP contribution in [0, 0.1) is 0 Å². The Labute approximate surface area is 146 Å². The summed E-state index contributed by atoms with van der Waals surface area (Å²) in [5.41, 5.74) is -1.50. The van der Waals surface area contributed by atoms with Gasteiger partial charge in [-0.25, -0.2) is 4.79 Å². The number of cyclic esters (lactones) is 1. The predicted octanol–water partition coefficient (Wildman–Crippen LogP) is 2.19. The van der Waals surface area contributed by atoms with Crippen molar-refractivity contribution >= 4 is 17.8 Å². The molecule has 138 valence electrons. The lowest BCUT2D eigenvalue weighted by Crippen LogP contribution is -2.35. The van der Waals surface area contributed by atoms with Crippen LogP contribution < -0.4 is 10.2 Å². The number of halogens is 3. The summed E-state index contributed by atoms with van der Waals surface area (Å²) in [6.45, 7) is 0.0463. The molecule has 1 N–H and O–H groups in total. The molecule has 0 radical (unpaired) electrons. The predicted molar refractivity (Wildman–Crippen MR) is 84.6 cm³/mol. The standard InChI is InChI=1S/C16H15F3N4O3/c1-22-13(6-7-21-22)23-9-10(26-15(23)25)8-20-14(24)11-4-2-3-5-12(11)16(17,18)19/h2-7,10H,8-9H2,1H3,(H,20,24). The van der Waals surface area contributed by atoms with Gasteiger partial charge in [0, 0.05) is 13.1 Å². The minimum Gasteiger partial charge on any atom is -0.442 e. The Morgan fingerprint density at radius 1 is 1.35 bits per heavy atom. The van der Waals surface area contributed by atoms with Gasteiger partial charge >= 0.3 is 12.3 Å². The molecule has 7 nitrogen and oxygen atoms in total. The first-order valence-corrected chi connectivity index (χ1v) is 7.68. The third kappa shape index (κ3) is 3.48. The zero-order valence-electron chi connectivity index (χ0n) is 13.7. The topological polar surface area (TPSA) is 76.5 Å². The minimum atomic E-state index is -4.63. The molecule has 1 aromatic carbocycles. The van der Waals surface area contributed by atoms with Crippen LogP contribution in [0.5, 0.6) is 0 Å². The normalized spacial score (nSPS) is 17.3. The van der Waals surface area contributed by atoms with Gasteiger partial charge in [-0.15, -0.1) is 0 Å². The van der Waals surface area contributed by atoms with E-state index in [1.165, 1.54) is 27.9 Å². The van der Waals surface area contributed by atoms with E-state index in [1.807, 2.05) is 0 Å². The summed E-state index contributed by atoms with van der Waals surface area (Å²) in [6, 6.07) is 6.13. The van der Waals surface area contributed by atoms with Crippen LogP contribution in [0.25, 0.3) is 0 Å². The van der Waals surface area contributed by atoms with Gasteiger partial charge in [0.25, 0.3) is 5.91 Å². The fourth-order valence-electron chi connectivity index (χ4n) is 2.68. The molecule has 2 aromatic rings. The van der Waals surface area contributed by atoms with E-state index < -0.39 is 35.4 Å². The molecule has 1 atom stereocenters. The molecule has 2 heterocycles. The number of rotatable bonds is 4. The van der Waals surface area contributed by atoms with Gasteiger partial charge in [-0.05, 0) is 12.1 Å². The number of benzene rings is 1. The molecule has 1 aliphatic heterocycles. The lowest BCUT2D eigenvalue weighted by atomic mass is 10.1. The van der Waals surface area contributed by atoms with Crippen molar-refractivity contribution in [2.45, 2.75) is 12.3 Å². The van der Waals surface area contributed by atoms with E-state index >= 15 is 0 Å². The first-order chi connectivity index (χ1) is 12.3. The molecule has 0 aliphatic carbocycles. The zero-order chi connectivity index (χ0) is 18.9. The summed E-state index contributed by atoms with van der Waals surface area (Å²) in [6.07, 6.45) is -4.40. The number of carbonyl (C=O) groups is 2. The van der Waals surface area contributed by atoms with Crippen molar-refractivity contribution < 1.29 is 27.5 Å². The Kier molecular flexibility index (Phi) is 4.58. The van der Waals surface area contributed by atoms with Crippen molar-refractivity contribution in [1.82, 2.24) is 15.1 Å². The van der Waals surface area contributed by atoms with Gasteiger partial charge in [0.15, 0.2) is 0 Å². The van der Waals surface area contributed by atoms with E-state index in [9.17, 15) is 22.8 Å². The number of carbonyl (C=O) groups excluding carboxylic acids is 2. The first kappa shape index (κ1) is 17.8. The van der Waals surface area contributed by atoms with Gasteiger partial charge in [-0.2, -0.15) is 18.3 Å². The van der Waals surface area contributed by atoms with Gasteiger partial charge in [0.2, 0.25) is 0 Å². The molecule has 10 heteroatoms. The number of amides is 2. The smallest absolute Gasteiger partial charge is 0.417 e. The van der Waals surface area contributed by atoms with E-state index in [0.717, 1.165) is 12.1 Å². The number of alkyl halides is 3. The maximum atomic E-state index is 13.0. The quantitative estimate of drug-likeness (QED) is 0.898. The molecule has 0 bridgehead atoms. The number of nitrogens with one attached hydrogen (secondary N) is 1.